The van der Waals surface area contributed by atoms with Crippen molar-refractivity contribution in [2.24, 2.45) is 5.73 Å². The van der Waals surface area contributed by atoms with E-state index in [1.807, 2.05) is 12.1 Å². The fourth-order valence-corrected chi connectivity index (χ4v) is 1.24. The molecule has 70 valence electrons. The summed E-state index contributed by atoms with van der Waals surface area (Å²) in [7, 11) is 0. The molecule has 4 heteroatoms. The predicted molar refractivity (Wildman–Crippen MR) is 50.8 cm³/mol. The second-order valence-electron chi connectivity index (χ2n) is 3.11. The fraction of sp³-hybridized carbons (Fsp3) is 0.444. The van der Waals surface area contributed by atoms with Crippen LogP contribution in [-0.4, -0.2) is 11.1 Å². The molecule has 3 nitrogen and oxygen atoms in total. The van der Waals surface area contributed by atoms with Crippen molar-refractivity contribution in [1.29, 1.82) is 0 Å². The van der Waals surface area contributed by atoms with Crippen molar-refractivity contribution in [2.45, 2.75) is 25.5 Å². The van der Waals surface area contributed by atoms with Crippen LogP contribution in [0.4, 0.5) is 0 Å². The summed E-state index contributed by atoms with van der Waals surface area (Å²) in [6.45, 7) is 0.406. The maximum atomic E-state index is 5.89. The number of nitrogens with two attached hydrogens (primary N) is 1. The summed E-state index contributed by atoms with van der Waals surface area (Å²) >= 11 is 5.89. The second kappa shape index (κ2) is 3.52. The number of pyridine rings is 1. The zero-order chi connectivity index (χ0) is 9.26. The predicted octanol–water partition coefficient (Wildman–Crippen LogP) is 1.73. The highest BCUT2D eigenvalue weighted by molar-refractivity contribution is 6.30. The maximum absolute atomic E-state index is 5.89. The van der Waals surface area contributed by atoms with Gasteiger partial charge in [-0.3, -0.25) is 0 Å². The summed E-state index contributed by atoms with van der Waals surface area (Å²) in [4.78, 5) is 4.09. The highest BCUT2D eigenvalue weighted by Crippen LogP contribution is 2.30. The molecule has 0 atom stereocenters. The fourth-order valence-electron chi connectivity index (χ4n) is 1.03. The van der Waals surface area contributed by atoms with E-state index in [0.29, 0.717) is 23.6 Å². The average Bonchev–Trinajstić information content (AvgIpc) is 2.92. The molecular formula is C9H11ClN2O. The van der Waals surface area contributed by atoms with Crippen LogP contribution < -0.4 is 10.5 Å². The van der Waals surface area contributed by atoms with Crippen LogP contribution >= 0.6 is 11.6 Å². The summed E-state index contributed by atoms with van der Waals surface area (Å²) in [6, 6.07) is 3.67. The molecule has 0 saturated heterocycles. The number of halogens is 1. The molecule has 1 fully saturated rings. The van der Waals surface area contributed by atoms with Gasteiger partial charge in [-0.15, -0.1) is 0 Å². The van der Waals surface area contributed by atoms with E-state index in [-0.39, 0.29) is 0 Å². The van der Waals surface area contributed by atoms with Crippen LogP contribution in [0.15, 0.2) is 12.1 Å². The highest BCUT2D eigenvalue weighted by Gasteiger charge is 2.24. The van der Waals surface area contributed by atoms with Crippen LogP contribution in [0.5, 0.6) is 5.75 Å². The third-order valence-electron chi connectivity index (χ3n) is 1.90. The van der Waals surface area contributed by atoms with Crippen molar-refractivity contribution in [1.82, 2.24) is 4.98 Å². The van der Waals surface area contributed by atoms with Crippen LogP contribution in [-0.2, 0) is 6.54 Å². The zero-order valence-corrected chi connectivity index (χ0v) is 7.92. The van der Waals surface area contributed by atoms with Crippen molar-refractivity contribution >= 4 is 11.6 Å². The molecule has 0 unspecified atom stereocenters. The standard InChI is InChI=1S/C9H11ClN2O/c10-9-8(13-7-2-3-7)4-1-6(5-11)12-9/h1,4,7H,2-3,5,11H2. The minimum atomic E-state index is 0.350. The topological polar surface area (TPSA) is 48.1 Å². The lowest BCUT2D eigenvalue weighted by atomic mass is 10.3. The molecule has 1 aromatic heterocycles. The minimum absolute atomic E-state index is 0.350. The average molecular weight is 199 g/mol. The summed E-state index contributed by atoms with van der Waals surface area (Å²) in [5, 5.41) is 0.412. The Hall–Kier alpha value is -0.800. The lowest BCUT2D eigenvalue weighted by Gasteiger charge is -2.06. The quantitative estimate of drug-likeness (QED) is 0.753. The van der Waals surface area contributed by atoms with Gasteiger partial charge in [-0.25, -0.2) is 4.98 Å². The monoisotopic (exact) mass is 198 g/mol. The Morgan fingerprint density at radius 2 is 2.31 bits per heavy atom. The van der Waals surface area contributed by atoms with Crippen LogP contribution in [0.3, 0.4) is 0 Å². The number of aromatic nitrogens is 1. The first-order valence-electron chi connectivity index (χ1n) is 4.32. The molecule has 0 spiro atoms. The van der Waals surface area contributed by atoms with Crippen molar-refractivity contribution < 1.29 is 4.74 Å². The van der Waals surface area contributed by atoms with Crippen LogP contribution in [0.2, 0.25) is 5.15 Å². The number of nitrogens with zero attached hydrogens (tertiary/aromatic N) is 1. The van der Waals surface area contributed by atoms with Gasteiger partial charge in [0.15, 0.2) is 10.9 Å². The Balaban J connectivity index is 2.15. The van der Waals surface area contributed by atoms with Gasteiger partial charge in [-0.05, 0) is 25.0 Å². The van der Waals surface area contributed by atoms with E-state index in [0.717, 1.165) is 18.5 Å². The molecule has 0 aromatic carbocycles. The molecule has 2 N–H and O–H groups in total. The summed E-state index contributed by atoms with van der Waals surface area (Å²) in [6.07, 6.45) is 2.59. The van der Waals surface area contributed by atoms with E-state index >= 15 is 0 Å². The molecule has 0 radical (unpaired) electrons. The van der Waals surface area contributed by atoms with Crippen molar-refractivity contribution in [3.05, 3.63) is 23.0 Å². The summed E-state index contributed by atoms with van der Waals surface area (Å²) in [5.74, 6) is 0.668. The first kappa shape index (κ1) is 8.78. The minimum Gasteiger partial charge on any atom is -0.487 e. The number of hydrogen-bond donors (Lipinski definition) is 1. The molecule has 0 aliphatic heterocycles. The first-order chi connectivity index (χ1) is 6.29. The van der Waals surface area contributed by atoms with E-state index in [1.54, 1.807) is 0 Å². The Kier molecular flexibility index (Phi) is 2.38. The number of ether oxygens (including phenoxy) is 1. The van der Waals surface area contributed by atoms with Gasteiger partial charge in [0.25, 0.3) is 0 Å². The Labute approximate surface area is 81.9 Å². The third-order valence-corrected chi connectivity index (χ3v) is 2.17. The molecule has 1 aliphatic rings. The largest absolute Gasteiger partial charge is 0.487 e. The van der Waals surface area contributed by atoms with Crippen LogP contribution in [0.25, 0.3) is 0 Å². The molecule has 1 aliphatic carbocycles. The van der Waals surface area contributed by atoms with Crippen LogP contribution in [0.1, 0.15) is 18.5 Å². The molecule has 0 amide bonds. The van der Waals surface area contributed by atoms with Crippen LogP contribution in [0, 0.1) is 0 Å². The molecule has 13 heavy (non-hydrogen) atoms. The molecular weight excluding hydrogens is 188 g/mol. The van der Waals surface area contributed by atoms with Gasteiger partial charge in [-0.1, -0.05) is 11.6 Å². The van der Waals surface area contributed by atoms with Crippen molar-refractivity contribution in [2.75, 3.05) is 0 Å². The lowest BCUT2D eigenvalue weighted by molar-refractivity contribution is 0.302. The van der Waals surface area contributed by atoms with Crippen molar-refractivity contribution in [3.63, 3.8) is 0 Å². The number of rotatable bonds is 3. The van der Waals surface area contributed by atoms with Crippen molar-refractivity contribution in [3.8, 4) is 5.75 Å². The lowest BCUT2D eigenvalue weighted by Crippen LogP contribution is -2.02. The summed E-state index contributed by atoms with van der Waals surface area (Å²) < 4.78 is 5.52. The maximum Gasteiger partial charge on any atom is 0.171 e. The van der Waals surface area contributed by atoms with E-state index in [2.05, 4.69) is 4.98 Å². The normalized spacial score (nSPS) is 15.8. The van der Waals surface area contributed by atoms with E-state index in [1.165, 1.54) is 0 Å². The Morgan fingerprint density at radius 1 is 1.54 bits per heavy atom. The SMILES string of the molecule is NCc1ccc(OC2CC2)c(Cl)n1. The van der Waals surface area contributed by atoms with Gasteiger partial charge in [0, 0.05) is 6.54 Å². The first-order valence-corrected chi connectivity index (χ1v) is 4.69. The third kappa shape index (κ3) is 2.11. The molecule has 1 saturated carbocycles. The van der Waals surface area contributed by atoms with Gasteiger partial charge >= 0.3 is 0 Å². The molecule has 1 aromatic rings. The van der Waals surface area contributed by atoms with Gasteiger partial charge in [0.1, 0.15) is 0 Å². The van der Waals surface area contributed by atoms with E-state index < -0.39 is 0 Å². The Morgan fingerprint density at radius 3 is 2.85 bits per heavy atom. The Bertz CT molecular complexity index is 312. The highest BCUT2D eigenvalue weighted by atomic mass is 35.5. The molecule has 1 heterocycles. The van der Waals surface area contributed by atoms with Gasteiger partial charge in [-0.2, -0.15) is 0 Å². The molecule has 0 bridgehead atoms. The number of hydrogen-bond acceptors (Lipinski definition) is 3. The smallest absolute Gasteiger partial charge is 0.171 e. The van der Waals surface area contributed by atoms with E-state index in [4.69, 9.17) is 22.1 Å². The molecule has 2 rings (SSSR count). The van der Waals surface area contributed by atoms with Gasteiger partial charge < -0.3 is 10.5 Å². The zero-order valence-electron chi connectivity index (χ0n) is 7.16. The van der Waals surface area contributed by atoms with E-state index in [9.17, 15) is 0 Å². The van der Waals surface area contributed by atoms with Gasteiger partial charge in [0.2, 0.25) is 0 Å². The second-order valence-corrected chi connectivity index (χ2v) is 3.47. The summed E-state index contributed by atoms with van der Waals surface area (Å²) in [5.41, 5.74) is 6.21. The van der Waals surface area contributed by atoms with Gasteiger partial charge in [0.05, 0.1) is 11.8 Å².